The third-order valence-electron chi connectivity index (χ3n) is 5.42. The van der Waals surface area contributed by atoms with Gasteiger partial charge in [0.1, 0.15) is 16.2 Å². The van der Waals surface area contributed by atoms with Crippen LogP contribution >= 0.6 is 8.73 Å². The Kier molecular flexibility index (Phi) is 7.57. The fourth-order valence-electron chi connectivity index (χ4n) is 3.89. The number of carbonyl (C=O) groups excluding carboxylic acids is 1. The Bertz CT molecular complexity index is 1030. The molecule has 1 unspecified atom stereocenters. The smallest absolute Gasteiger partial charge is 0.341 e. The van der Waals surface area contributed by atoms with Gasteiger partial charge in [-0.25, -0.2) is 13.2 Å². The summed E-state index contributed by atoms with van der Waals surface area (Å²) in [6.45, 7) is 4.48. The average molecular weight is 465 g/mol. The fourth-order valence-corrected chi connectivity index (χ4v) is 7.20. The summed E-state index contributed by atoms with van der Waals surface area (Å²) in [6.07, 6.45) is 2.67. The predicted molar refractivity (Wildman–Crippen MR) is 124 cm³/mol. The van der Waals surface area contributed by atoms with Gasteiger partial charge in [-0.2, -0.15) is 4.08 Å². The molecule has 0 spiro atoms. The molecule has 0 amide bonds. The van der Waals surface area contributed by atoms with Crippen LogP contribution in [0.4, 0.5) is 11.4 Å². The Balaban J connectivity index is 2.30. The van der Waals surface area contributed by atoms with E-state index in [9.17, 15) is 13.2 Å². The Hall–Kier alpha value is -2.15. The van der Waals surface area contributed by atoms with Crippen molar-refractivity contribution in [3.63, 3.8) is 0 Å². The molecule has 9 heteroatoms. The Labute approximate surface area is 186 Å². The molecule has 31 heavy (non-hydrogen) atoms. The van der Waals surface area contributed by atoms with Crippen molar-refractivity contribution in [2.75, 3.05) is 32.3 Å². The van der Waals surface area contributed by atoms with Crippen LogP contribution in [0.2, 0.25) is 0 Å². The first-order valence-electron chi connectivity index (χ1n) is 10.2. The summed E-state index contributed by atoms with van der Waals surface area (Å²) in [5.41, 5.74) is 1.47. The molecule has 1 aliphatic heterocycles. The van der Waals surface area contributed by atoms with Crippen molar-refractivity contribution < 1.29 is 22.7 Å². The highest BCUT2D eigenvalue weighted by molar-refractivity contribution is 7.93. The van der Waals surface area contributed by atoms with E-state index in [1.165, 1.54) is 20.3 Å². The number of hydrogen-bond donors (Lipinski definition) is 0. The van der Waals surface area contributed by atoms with Crippen LogP contribution < -0.4 is 9.64 Å². The predicted octanol–water partition coefficient (Wildman–Crippen LogP) is 4.41. The summed E-state index contributed by atoms with van der Waals surface area (Å²) in [4.78, 5) is 14.5. The van der Waals surface area contributed by atoms with E-state index < -0.39 is 16.0 Å². The molecule has 2 aromatic carbocycles. The Morgan fingerprint density at radius 2 is 1.90 bits per heavy atom. The molecule has 0 fully saturated rings. The molecule has 0 aromatic heterocycles. The van der Waals surface area contributed by atoms with E-state index in [-0.39, 0.29) is 31.0 Å². The summed E-state index contributed by atoms with van der Waals surface area (Å²) < 4.78 is 39.5. The zero-order valence-corrected chi connectivity index (χ0v) is 20.1. The van der Waals surface area contributed by atoms with Gasteiger partial charge in [0.2, 0.25) is 10.0 Å². The number of para-hydroxylation sites is 1. The molecule has 3 rings (SSSR count). The van der Waals surface area contributed by atoms with Gasteiger partial charge in [0.05, 0.1) is 19.9 Å². The third kappa shape index (κ3) is 4.56. The lowest BCUT2D eigenvalue weighted by Gasteiger charge is -2.30. The van der Waals surface area contributed by atoms with E-state index in [2.05, 4.69) is 6.92 Å². The molecule has 168 valence electrons. The lowest BCUT2D eigenvalue weighted by molar-refractivity contribution is 0.0597. The van der Waals surface area contributed by atoms with Crippen molar-refractivity contribution in [3.05, 3.63) is 48.0 Å². The highest BCUT2D eigenvalue weighted by atomic mass is 32.2. The Morgan fingerprint density at radius 1 is 1.19 bits per heavy atom. The molecule has 0 aliphatic carbocycles. The lowest BCUT2D eigenvalue weighted by atomic mass is 10.1. The summed E-state index contributed by atoms with van der Waals surface area (Å²) >= 11 is 0. The molecule has 1 aliphatic rings. The monoisotopic (exact) mass is 464 g/mol. The second-order valence-electron chi connectivity index (χ2n) is 7.28. The third-order valence-corrected chi connectivity index (χ3v) is 9.19. The van der Waals surface area contributed by atoms with Gasteiger partial charge in [-0.3, -0.25) is 0 Å². The standard InChI is InChI=1S/C22H29N2O5PS/c1-5-6-10-17-15-23(16-11-8-7-9-12-16)19-14-20(28-2)18(22(25)29-3)13-21(19)31(26,27)24(17)30-4/h7-9,11-14,17,30H,5-6,10,15H2,1-4H3/t17-/m1/s1. The van der Waals surface area contributed by atoms with Crippen molar-refractivity contribution in [1.82, 2.24) is 4.08 Å². The van der Waals surface area contributed by atoms with Gasteiger partial charge in [-0.05, 0) is 40.0 Å². The number of nitrogens with zero attached hydrogens (tertiary/aromatic N) is 2. The summed E-state index contributed by atoms with van der Waals surface area (Å²) in [6, 6.07) is 12.5. The molecule has 2 aromatic rings. The normalized spacial score (nSPS) is 18.6. The number of benzene rings is 2. The number of hydrogen-bond acceptors (Lipinski definition) is 6. The first-order valence-corrected chi connectivity index (χ1v) is 13.1. The van der Waals surface area contributed by atoms with Crippen molar-refractivity contribution in [3.8, 4) is 5.75 Å². The van der Waals surface area contributed by atoms with Crippen LogP contribution in [0.3, 0.4) is 0 Å². The number of ether oxygens (including phenoxy) is 2. The van der Waals surface area contributed by atoms with E-state index in [4.69, 9.17) is 9.47 Å². The van der Waals surface area contributed by atoms with Gasteiger partial charge in [0.15, 0.2) is 0 Å². The molecule has 2 atom stereocenters. The molecule has 0 N–H and O–H groups in total. The number of carbonyl (C=O) groups is 1. The van der Waals surface area contributed by atoms with Crippen molar-refractivity contribution in [2.45, 2.75) is 37.1 Å². The largest absolute Gasteiger partial charge is 0.496 e. The van der Waals surface area contributed by atoms with Crippen molar-refractivity contribution in [1.29, 1.82) is 0 Å². The molecule has 0 saturated carbocycles. The van der Waals surface area contributed by atoms with Crippen molar-refractivity contribution in [2.24, 2.45) is 0 Å². The quantitative estimate of drug-likeness (QED) is 0.446. The molecular weight excluding hydrogens is 435 g/mol. The van der Waals surface area contributed by atoms with Crippen LogP contribution in [0.25, 0.3) is 0 Å². The molecular formula is C22H29N2O5PS. The Morgan fingerprint density at radius 3 is 2.48 bits per heavy atom. The topological polar surface area (TPSA) is 76.1 Å². The van der Waals surface area contributed by atoms with Crippen LogP contribution in [0, 0.1) is 0 Å². The van der Waals surface area contributed by atoms with Gasteiger partial charge in [-0.15, -0.1) is 0 Å². The summed E-state index contributed by atoms with van der Waals surface area (Å²) in [5, 5.41) is 0. The maximum absolute atomic E-state index is 13.8. The number of sulfonamides is 1. The molecule has 7 nitrogen and oxygen atoms in total. The van der Waals surface area contributed by atoms with Gasteiger partial charge >= 0.3 is 5.97 Å². The van der Waals surface area contributed by atoms with Gasteiger partial charge in [-0.1, -0.05) is 38.0 Å². The highest BCUT2D eigenvalue weighted by Gasteiger charge is 2.39. The number of rotatable bonds is 7. The maximum atomic E-state index is 13.8. The number of esters is 1. The average Bonchev–Trinajstić information content (AvgIpc) is 2.88. The van der Waals surface area contributed by atoms with Crippen LogP contribution in [0.15, 0.2) is 47.4 Å². The first-order chi connectivity index (χ1) is 14.9. The SMILES string of the molecule is CCCC[C@@H]1CN(c2ccccc2)c2cc(OC)c(C(=O)OC)cc2S(=O)(=O)N1PC. The lowest BCUT2D eigenvalue weighted by Crippen LogP contribution is -2.38. The van der Waals surface area contributed by atoms with Gasteiger partial charge in [0.25, 0.3) is 0 Å². The van der Waals surface area contributed by atoms with Crippen LogP contribution in [-0.2, 0) is 14.8 Å². The van der Waals surface area contributed by atoms with E-state index in [0.717, 1.165) is 24.9 Å². The van der Waals surface area contributed by atoms with E-state index in [0.29, 0.717) is 12.2 Å². The van der Waals surface area contributed by atoms with Crippen LogP contribution in [-0.4, -0.2) is 51.9 Å². The number of unbranched alkanes of at least 4 members (excludes halogenated alkanes) is 1. The second-order valence-corrected chi connectivity index (χ2v) is 10.3. The van der Waals surface area contributed by atoms with Crippen molar-refractivity contribution >= 4 is 36.1 Å². The molecule has 1 heterocycles. The number of methoxy groups -OCH3 is 2. The second kappa shape index (κ2) is 9.98. The minimum Gasteiger partial charge on any atom is -0.496 e. The number of fused-ring (bicyclic) bond motifs is 1. The van der Waals surface area contributed by atoms with E-state index in [1.807, 2.05) is 41.9 Å². The molecule has 0 bridgehead atoms. The molecule has 0 saturated heterocycles. The zero-order chi connectivity index (χ0) is 22.6. The van der Waals surface area contributed by atoms with Gasteiger partial charge < -0.3 is 14.4 Å². The van der Waals surface area contributed by atoms with Crippen LogP contribution in [0.5, 0.6) is 5.75 Å². The number of anilines is 2. The summed E-state index contributed by atoms with van der Waals surface area (Å²) in [5.74, 6) is -0.363. The van der Waals surface area contributed by atoms with Gasteiger partial charge in [0, 0.05) is 24.3 Å². The zero-order valence-electron chi connectivity index (χ0n) is 18.3. The fraction of sp³-hybridized carbons (Fsp3) is 0.409. The van der Waals surface area contributed by atoms with E-state index in [1.54, 1.807) is 10.1 Å². The highest BCUT2D eigenvalue weighted by Crippen LogP contribution is 2.44. The molecule has 0 radical (unpaired) electrons. The van der Waals surface area contributed by atoms with Crippen LogP contribution in [0.1, 0.15) is 36.5 Å². The first kappa shape index (κ1) is 23.5. The summed E-state index contributed by atoms with van der Waals surface area (Å²) in [7, 11) is -1.06. The minimum atomic E-state index is -3.84. The minimum absolute atomic E-state index is 0.0653. The van der Waals surface area contributed by atoms with E-state index >= 15 is 0 Å². The maximum Gasteiger partial charge on any atom is 0.341 e.